The van der Waals surface area contributed by atoms with Crippen molar-refractivity contribution in [2.75, 3.05) is 26.4 Å². The van der Waals surface area contributed by atoms with Gasteiger partial charge in [-0.3, -0.25) is 4.79 Å². The number of carbonyl (C=O) groups excluding carboxylic acids is 1. The van der Waals surface area contributed by atoms with Gasteiger partial charge in [0.25, 0.3) is 0 Å². The van der Waals surface area contributed by atoms with E-state index < -0.39 is 124 Å². The van der Waals surface area contributed by atoms with Crippen molar-refractivity contribution in [2.45, 2.75) is 362 Å². The van der Waals surface area contributed by atoms with Gasteiger partial charge in [-0.2, -0.15) is 0 Å². The normalized spacial score (nSPS) is 27.9. The molecule has 17 atom stereocenters. The van der Waals surface area contributed by atoms with Crippen molar-refractivity contribution in [3.8, 4) is 0 Å². The fraction of sp³-hybridized carbons (Fsp3) is 0.824. The quantitative estimate of drug-likeness (QED) is 0.0199. The summed E-state index contributed by atoms with van der Waals surface area (Å²) in [6.07, 6.45) is 43.6. The first-order chi connectivity index (χ1) is 45.3. The average Bonchev–Trinajstić information content (AvgIpc) is 0.798. The summed E-state index contributed by atoms with van der Waals surface area (Å²) in [7, 11) is 0. The zero-order chi connectivity index (χ0) is 67.5. The molecule has 12 N–H and O–H groups in total. The molecule has 3 saturated heterocycles. The van der Waals surface area contributed by atoms with Gasteiger partial charge in [0.15, 0.2) is 18.9 Å². The highest BCUT2D eigenvalue weighted by Crippen LogP contribution is 2.33. The average molecular weight is 1320 g/mol. The first kappa shape index (κ1) is 84.5. The predicted molar refractivity (Wildman–Crippen MR) is 365 cm³/mol. The third kappa shape index (κ3) is 36.6. The van der Waals surface area contributed by atoms with Crippen LogP contribution in [0.15, 0.2) is 72.9 Å². The Morgan fingerprint density at radius 3 is 1.16 bits per heavy atom. The second-order valence-corrected chi connectivity index (χ2v) is 26.0. The predicted octanol–water partition coefficient (Wildman–Crippen LogP) is 10.5. The zero-order valence-corrected chi connectivity index (χ0v) is 57.2. The van der Waals surface area contributed by atoms with Crippen LogP contribution in [-0.4, -0.2) is 193 Å². The summed E-state index contributed by atoms with van der Waals surface area (Å²) in [6, 6.07) is -0.884. The van der Waals surface area contributed by atoms with Gasteiger partial charge in [0.2, 0.25) is 5.91 Å². The molecule has 93 heavy (non-hydrogen) atoms. The Labute approximate surface area is 559 Å². The molecule has 0 bridgehead atoms. The molecule has 3 aliphatic heterocycles. The number of ether oxygens (including phenoxy) is 6. The van der Waals surface area contributed by atoms with E-state index in [1.165, 1.54) is 128 Å². The van der Waals surface area contributed by atoms with E-state index in [9.17, 15) is 61.0 Å². The Morgan fingerprint density at radius 1 is 0.398 bits per heavy atom. The summed E-state index contributed by atoms with van der Waals surface area (Å²) in [4.78, 5) is 13.3. The van der Waals surface area contributed by atoms with E-state index in [1.807, 2.05) is 0 Å². The summed E-state index contributed by atoms with van der Waals surface area (Å²) in [5.74, 6) is -0.245. The van der Waals surface area contributed by atoms with Crippen LogP contribution in [-0.2, 0) is 33.2 Å². The molecule has 0 aromatic heterocycles. The Morgan fingerprint density at radius 2 is 0.742 bits per heavy atom. The second-order valence-electron chi connectivity index (χ2n) is 26.0. The summed E-state index contributed by atoms with van der Waals surface area (Å²) >= 11 is 0. The summed E-state index contributed by atoms with van der Waals surface area (Å²) in [5, 5.41) is 120. The lowest BCUT2D eigenvalue weighted by Gasteiger charge is -2.48. The number of aliphatic hydroxyl groups is 11. The molecular formula is C74H131NO18. The van der Waals surface area contributed by atoms with E-state index in [1.54, 1.807) is 0 Å². The Bertz CT molecular complexity index is 1970. The number of carbonyl (C=O) groups is 1. The van der Waals surface area contributed by atoms with Gasteiger partial charge in [-0.25, -0.2) is 0 Å². The van der Waals surface area contributed by atoms with Crippen LogP contribution >= 0.6 is 0 Å². The summed E-state index contributed by atoms with van der Waals surface area (Å²) in [6.45, 7) is 1.62. The molecule has 19 nitrogen and oxygen atoms in total. The van der Waals surface area contributed by atoms with Gasteiger partial charge in [-0.15, -0.1) is 0 Å². The van der Waals surface area contributed by atoms with Crippen LogP contribution in [0.4, 0.5) is 0 Å². The van der Waals surface area contributed by atoms with Crippen LogP contribution in [0, 0.1) is 0 Å². The molecule has 0 radical (unpaired) electrons. The lowest BCUT2D eigenvalue weighted by Crippen LogP contribution is -2.66. The highest BCUT2D eigenvalue weighted by atomic mass is 16.8. The number of hydrogen-bond donors (Lipinski definition) is 12. The first-order valence-corrected chi connectivity index (χ1v) is 36.7. The lowest BCUT2D eigenvalue weighted by molar-refractivity contribution is -0.379. The Hall–Kier alpha value is -2.77. The highest BCUT2D eigenvalue weighted by molar-refractivity contribution is 5.76. The number of nitrogens with one attached hydrogen (secondary N) is 1. The third-order valence-corrected chi connectivity index (χ3v) is 18.0. The van der Waals surface area contributed by atoms with Gasteiger partial charge in [0, 0.05) is 6.42 Å². The van der Waals surface area contributed by atoms with E-state index in [-0.39, 0.29) is 18.9 Å². The van der Waals surface area contributed by atoms with Gasteiger partial charge in [0.1, 0.15) is 73.2 Å². The zero-order valence-electron chi connectivity index (χ0n) is 57.2. The number of rotatable bonds is 56. The number of aliphatic hydroxyl groups excluding tert-OH is 11. The van der Waals surface area contributed by atoms with E-state index >= 15 is 0 Å². The molecule has 0 aliphatic carbocycles. The van der Waals surface area contributed by atoms with Crippen LogP contribution in [0.3, 0.4) is 0 Å². The smallest absolute Gasteiger partial charge is 0.220 e. The van der Waals surface area contributed by atoms with E-state index in [4.69, 9.17) is 28.4 Å². The lowest BCUT2D eigenvalue weighted by atomic mass is 9.96. The fourth-order valence-electron chi connectivity index (χ4n) is 12.1. The van der Waals surface area contributed by atoms with Crippen LogP contribution in [0.5, 0.6) is 0 Å². The minimum Gasteiger partial charge on any atom is -0.394 e. The minimum absolute atomic E-state index is 0.245. The van der Waals surface area contributed by atoms with Crippen LogP contribution in [0.1, 0.15) is 258 Å². The van der Waals surface area contributed by atoms with Crippen molar-refractivity contribution < 1.29 is 89.4 Å². The van der Waals surface area contributed by atoms with Crippen molar-refractivity contribution in [1.29, 1.82) is 0 Å². The molecular weight excluding hydrogens is 1190 g/mol. The first-order valence-electron chi connectivity index (χ1n) is 36.7. The number of allylic oxidation sites excluding steroid dienone is 12. The number of amides is 1. The van der Waals surface area contributed by atoms with E-state index in [0.717, 1.165) is 96.3 Å². The molecule has 3 aliphatic rings. The van der Waals surface area contributed by atoms with Crippen LogP contribution in [0.2, 0.25) is 0 Å². The molecule has 0 aromatic rings. The fourth-order valence-corrected chi connectivity index (χ4v) is 12.1. The van der Waals surface area contributed by atoms with Crippen molar-refractivity contribution in [2.24, 2.45) is 0 Å². The number of unbranched alkanes of at least 4 members (excludes halogenated alkanes) is 28. The van der Waals surface area contributed by atoms with Crippen molar-refractivity contribution in [3.63, 3.8) is 0 Å². The molecule has 0 spiro atoms. The van der Waals surface area contributed by atoms with Gasteiger partial charge >= 0.3 is 0 Å². The molecule has 0 saturated carbocycles. The highest BCUT2D eigenvalue weighted by Gasteiger charge is 2.53. The van der Waals surface area contributed by atoms with Gasteiger partial charge in [0.05, 0.1) is 38.6 Å². The summed E-state index contributed by atoms with van der Waals surface area (Å²) < 4.78 is 34.3. The third-order valence-electron chi connectivity index (χ3n) is 18.0. The molecule has 540 valence electrons. The maximum atomic E-state index is 13.3. The topological polar surface area (TPSA) is 307 Å². The largest absolute Gasteiger partial charge is 0.394 e. The van der Waals surface area contributed by atoms with Crippen LogP contribution < -0.4 is 5.32 Å². The maximum absolute atomic E-state index is 13.3. The Balaban J connectivity index is 1.23. The van der Waals surface area contributed by atoms with Crippen molar-refractivity contribution in [3.05, 3.63) is 72.9 Å². The van der Waals surface area contributed by atoms with Crippen molar-refractivity contribution in [1.82, 2.24) is 5.32 Å². The SMILES string of the molecule is CC/C=C\C/C=C\C/C=C\C/C=C\C/C=C\C/C=C\CCCCCCCCCCCCCCCCCCCCCCCCC(=O)NC(COC1OC(CO)C(OC2OC(CO)C(OC3OC(CO)C(O)C(O)C3O)C(O)C2O)C(O)C1O)C(O)CCCCCCCCC. The molecule has 3 rings (SSSR count). The molecule has 3 heterocycles. The van der Waals surface area contributed by atoms with Crippen molar-refractivity contribution >= 4 is 5.91 Å². The van der Waals surface area contributed by atoms with Crippen LogP contribution in [0.25, 0.3) is 0 Å². The standard InChI is InChI=1S/C74H131NO18/c1-3-5-7-9-11-12-13-14-15-16-17-18-19-20-21-22-23-24-25-26-27-28-29-30-31-32-33-34-35-36-37-38-39-40-41-42-43-44-46-48-50-52-62(80)75-57(58(79)51-49-47-45-10-8-6-4-2)56-88-72-68(86)65(83)70(60(54-77)90-72)93-74-69(87)66(84)71(61(55-78)91-74)92-73-67(85)64(82)63(81)59(53-76)89-73/h5,7,11-12,14-15,17-18,20-21,23-24,57-61,63-74,76-79,81-87H,3-4,6,8-10,13,16,19,22,25-56H2,1-2H3,(H,75,80)/b7-5-,12-11-,15-14-,18-17-,21-20-,24-23-. The minimum atomic E-state index is -1.97. The molecule has 17 unspecified atom stereocenters. The summed E-state index contributed by atoms with van der Waals surface area (Å²) in [5.41, 5.74) is 0. The number of hydrogen-bond acceptors (Lipinski definition) is 18. The molecule has 19 heteroatoms. The van der Waals surface area contributed by atoms with Gasteiger partial charge in [-0.05, 0) is 64.2 Å². The van der Waals surface area contributed by atoms with E-state index in [0.29, 0.717) is 12.8 Å². The van der Waals surface area contributed by atoms with Gasteiger partial charge < -0.3 is 89.9 Å². The monoisotopic (exact) mass is 1320 g/mol. The molecule has 0 aromatic carbocycles. The van der Waals surface area contributed by atoms with E-state index in [2.05, 4.69) is 92.1 Å². The molecule has 1 amide bonds. The van der Waals surface area contributed by atoms with Gasteiger partial charge in [-0.1, -0.05) is 260 Å². The maximum Gasteiger partial charge on any atom is 0.220 e. The molecule has 3 fully saturated rings. The Kier molecular flexibility index (Phi) is 50.1. The second kappa shape index (κ2) is 55.1.